The Labute approximate surface area is 132 Å². The van der Waals surface area contributed by atoms with Crippen LogP contribution >= 0.6 is 11.8 Å². The molecule has 5 rings (SSSR count). The Kier molecular flexibility index (Phi) is 3.74. The molecule has 1 aromatic rings. The van der Waals surface area contributed by atoms with Crippen LogP contribution in [0.4, 0.5) is 0 Å². The fourth-order valence-corrected chi connectivity index (χ4v) is 5.95. The standard InChI is InChI=1S/C18H26N2S/c1-2-21-17-4-3-13(11-19-17)12-20-18-8-14-5-15(9-18)7-16(6-14)10-18/h3-4,11,14-16,20H,2,5-10,12H2,1H3. The normalized spacial score (nSPS) is 37.1. The van der Waals surface area contributed by atoms with Gasteiger partial charge in [-0.05, 0) is 73.7 Å². The molecule has 0 atom stereocenters. The average Bonchev–Trinajstić information content (AvgIpc) is 2.46. The maximum atomic E-state index is 4.56. The summed E-state index contributed by atoms with van der Waals surface area (Å²) in [5.41, 5.74) is 1.80. The minimum Gasteiger partial charge on any atom is -0.307 e. The molecule has 0 aliphatic heterocycles. The molecule has 4 aliphatic rings. The zero-order valence-corrected chi connectivity index (χ0v) is 13.8. The van der Waals surface area contributed by atoms with Crippen molar-refractivity contribution in [3.8, 4) is 0 Å². The van der Waals surface area contributed by atoms with Crippen molar-refractivity contribution in [2.75, 3.05) is 5.75 Å². The van der Waals surface area contributed by atoms with Gasteiger partial charge in [-0.25, -0.2) is 4.98 Å². The molecule has 0 saturated heterocycles. The number of aromatic nitrogens is 1. The second-order valence-corrected chi connectivity index (χ2v) is 8.77. The van der Waals surface area contributed by atoms with E-state index in [1.807, 2.05) is 11.8 Å². The number of hydrogen-bond donors (Lipinski definition) is 1. The van der Waals surface area contributed by atoms with Gasteiger partial charge in [-0.2, -0.15) is 0 Å². The summed E-state index contributed by atoms with van der Waals surface area (Å²) < 4.78 is 0. The third-order valence-electron chi connectivity index (χ3n) is 5.80. The average molecular weight is 302 g/mol. The van der Waals surface area contributed by atoms with Crippen LogP contribution in [0.1, 0.15) is 51.0 Å². The third-order valence-corrected chi connectivity index (χ3v) is 6.62. The van der Waals surface area contributed by atoms with E-state index in [4.69, 9.17) is 0 Å². The molecule has 1 N–H and O–H groups in total. The molecule has 1 heterocycles. The van der Waals surface area contributed by atoms with Crippen molar-refractivity contribution < 1.29 is 0 Å². The van der Waals surface area contributed by atoms with E-state index in [0.717, 1.165) is 35.1 Å². The van der Waals surface area contributed by atoms with E-state index in [1.54, 1.807) is 0 Å². The van der Waals surface area contributed by atoms with E-state index in [-0.39, 0.29) is 0 Å². The molecule has 114 valence electrons. The summed E-state index contributed by atoms with van der Waals surface area (Å²) in [4.78, 5) is 4.56. The smallest absolute Gasteiger partial charge is 0.0959 e. The highest BCUT2D eigenvalue weighted by atomic mass is 32.2. The Morgan fingerprint density at radius 1 is 1.14 bits per heavy atom. The van der Waals surface area contributed by atoms with Crippen molar-refractivity contribution >= 4 is 11.8 Å². The van der Waals surface area contributed by atoms with Gasteiger partial charge in [-0.3, -0.25) is 0 Å². The van der Waals surface area contributed by atoms with Gasteiger partial charge in [0.2, 0.25) is 0 Å². The number of pyridine rings is 1. The number of rotatable bonds is 5. The van der Waals surface area contributed by atoms with Crippen LogP contribution in [0.15, 0.2) is 23.4 Å². The van der Waals surface area contributed by atoms with Gasteiger partial charge in [-0.1, -0.05) is 13.0 Å². The minimum atomic E-state index is 0.464. The first-order valence-corrected chi connectivity index (χ1v) is 9.56. The Bertz CT molecular complexity index is 461. The van der Waals surface area contributed by atoms with Gasteiger partial charge in [-0.15, -0.1) is 11.8 Å². The van der Waals surface area contributed by atoms with Crippen LogP contribution in [0.3, 0.4) is 0 Å². The zero-order valence-electron chi connectivity index (χ0n) is 13.0. The lowest BCUT2D eigenvalue weighted by molar-refractivity contribution is -0.0206. The molecule has 0 amide bonds. The van der Waals surface area contributed by atoms with Crippen molar-refractivity contribution in [1.29, 1.82) is 0 Å². The monoisotopic (exact) mass is 302 g/mol. The summed E-state index contributed by atoms with van der Waals surface area (Å²) >= 11 is 1.82. The Balaban J connectivity index is 1.40. The first-order valence-electron chi connectivity index (χ1n) is 8.57. The lowest BCUT2D eigenvalue weighted by Gasteiger charge is -2.57. The molecule has 4 saturated carbocycles. The van der Waals surface area contributed by atoms with Crippen LogP contribution < -0.4 is 5.32 Å². The summed E-state index contributed by atoms with van der Waals surface area (Å²) in [6.45, 7) is 3.17. The van der Waals surface area contributed by atoms with E-state index in [2.05, 4.69) is 35.6 Å². The van der Waals surface area contributed by atoms with Crippen LogP contribution in [0, 0.1) is 17.8 Å². The second-order valence-electron chi connectivity index (χ2n) is 7.49. The van der Waals surface area contributed by atoms with Gasteiger partial charge < -0.3 is 5.32 Å². The van der Waals surface area contributed by atoms with Crippen molar-refractivity contribution in [3.05, 3.63) is 23.9 Å². The summed E-state index contributed by atoms with van der Waals surface area (Å²) in [5, 5.41) is 5.10. The van der Waals surface area contributed by atoms with E-state index < -0.39 is 0 Å². The van der Waals surface area contributed by atoms with E-state index in [1.165, 1.54) is 44.1 Å². The van der Waals surface area contributed by atoms with E-state index in [0.29, 0.717) is 5.54 Å². The van der Waals surface area contributed by atoms with Crippen LogP contribution in [0.5, 0.6) is 0 Å². The topological polar surface area (TPSA) is 24.9 Å². The van der Waals surface area contributed by atoms with E-state index in [9.17, 15) is 0 Å². The summed E-state index contributed by atoms with van der Waals surface area (Å²) in [6.07, 6.45) is 10.9. The summed E-state index contributed by atoms with van der Waals surface area (Å²) in [5.74, 6) is 4.15. The van der Waals surface area contributed by atoms with Gasteiger partial charge in [0.05, 0.1) is 5.03 Å². The maximum Gasteiger partial charge on any atom is 0.0959 e. The zero-order chi connectivity index (χ0) is 14.3. The molecular weight excluding hydrogens is 276 g/mol. The second kappa shape index (κ2) is 5.58. The van der Waals surface area contributed by atoms with Gasteiger partial charge in [0.15, 0.2) is 0 Å². The molecule has 4 fully saturated rings. The number of thioether (sulfide) groups is 1. The Morgan fingerprint density at radius 2 is 1.81 bits per heavy atom. The van der Waals surface area contributed by atoms with Gasteiger partial charge in [0, 0.05) is 18.3 Å². The molecule has 3 heteroatoms. The van der Waals surface area contributed by atoms with Crippen molar-refractivity contribution in [3.63, 3.8) is 0 Å². The first-order chi connectivity index (χ1) is 10.2. The number of nitrogens with zero attached hydrogens (tertiary/aromatic N) is 1. The Morgan fingerprint density at radius 3 is 2.33 bits per heavy atom. The lowest BCUT2D eigenvalue weighted by atomic mass is 9.53. The number of hydrogen-bond acceptors (Lipinski definition) is 3. The van der Waals surface area contributed by atoms with Crippen LogP contribution in [0.25, 0.3) is 0 Å². The molecule has 0 aromatic carbocycles. The predicted molar refractivity (Wildman–Crippen MR) is 88.4 cm³/mol. The molecule has 0 radical (unpaired) electrons. The summed E-state index contributed by atoms with van der Waals surface area (Å²) in [7, 11) is 0. The maximum absolute atomic E-state index is 4.56. The highest BCUT2D eigenvalue weighted by molar-refractivity contribution is 7.99. The molecular formula is C18H26N2S. The highest BCUT2D eigenvalue weighted by Gasteiger charge is 2.50. The number of nitrogens with one attached hydrogen (secondary N) is 1. The fraction of sp³-hybridized carbons (Fsp3) is 0.722. The molecule has 21 heavy (non-hydrogen) atoms. The van der Waals surface area contributed by atoms with Gasteiger partial charge in [0.1, 0.15) is 0 Å². The molecule has 0 unspecified atom stereocenters. The first kappa shape index (κ1) is 14.1. The molecule has 4 aliphatic carbocycles. The van der Waals surface area contributed by atoms with Crippen LogP contribution in [0.2, 0.25) is 0 Å². The highest BCUT2D eigenvalue weighted by Crippen LogP contribution is 2.55. The van der Waals surface area contributed by atoms with E-state index >= 15 is 0 Å². The minimum absolute atomic E-state index is 0.464. The largest absolute Gasteiger partial charge is 0.307 e. The fourth-order valence-electron chi connectivity index (χ4n) is 5.37. The van der Waals surface area contributed by atoms with Crippen LogP contribution in [-0.2, 0) is 6.54 Å². The Hall–Kier alpha value is -0.540. The molecule has 4 bridgehead atoms. The summed E-state index contributed by atoms with van der Waals surface area (Å²) in [6, 6.07) is 4.42. The van der Waals surface area contributed by atoms with Gasteiger partial charge >= 0.3 is 0 Å². The van der Waals surface area contributed by atoms with Crippen LogP contribution in [-0.4, -0.2) is 16.3 Å². The van der Waals surface area contributed by atoms with Crippen molar-refractivity contribution in [1.82, 2.24) is 10.3 Å². The van der Waals surface area contributed by atoms with Gasteiger partial charge in [0.25, 0.3) is 0 Å². The SMILES string of the molecule is CCSc1ccc(CNC23CC4CC(CC(C4)C2)C3)cn1. The van der Waals surface area contributed by atoms with Crippen molar-refractivity contribution in [2.45, 2.75) is 62.6 Å². The lowest BCUT2D eigenvalue weighted by Crippen LogP contribution is -2.58. The van der Waals surface area contributed by atoms with Crippen molar-refractivity contribution in [2.24, 2.45) is 17.8 Å². The predicted octanol–water partition coefficient (Wildman–Crippen LogP) is 4.25. The third kappa shape index (κ3) is 2.87. The molecule has 1 aromatic heterocycles. The molecule has 0 spiro atoms. The molecule has 2 nitrogen and oxygen atoms in total. The quantitative estimate of drug-likeness (QED) is 0.823.